The van der Waals surface area contributed by atoms with E-state index < -0.39 is 0 Å². The highest BCUT2D eigenvalue weighted by Crippen LogP contribution is 2.40. The molecule has 0 unspecified atom stereocenters. The van der Waals surface area contributed by atoms with Crippen molar-refractivity contribution in [2.45, 2.75) is 38.6 Å². The van der Waals surface area contributed by atoms with E-state index in [1.54, 1.807) is 13.0 Å². The summed E-state index contributed by atoms with van der Waals surface area (Å²) in [4.78, 5) is 26.1. The molecule has 0 saturated heterocycles. The molecule has 31 heavy (non-hydrogen) atoms. The maximum Gasteiger partial charge on any atom is 0.255 e. The number of hydrogen-bond acceptors (Lipinski definition) is 6. The van der Waals surface area contributed by atoms with E-state index in [2.05, 4.69) is 32.5 Å². The second-order valence-corrected chi connectivity index (χ2v) is 8.35. The quantitative estimate of drug-likeness (QED) is 0.494. The fourth-order valence-electron chi connectivity index (χ4n) is 3.83. The van der Waals surface area contributed by atoms with Crippen molar-refractivity contribution in [3.63, 3.8) is 0 Å². The number of hydrogen-bond donors (Lipinski definition) is 2. The van der Waals surface area contributed by atoms with E-state index in [4.69, 9.17) is 4.42 Å². The van der Waals surface area contributed by atoms with Crippen molar-refractivity contribution in [3.8, 4) is 0 Å². The molecule has 1 fully saturated rings. The summed E-state index contributed by atoms with van der Waals surface area (Å²) in [5.41, 5.74) is 2.28. The van der Waals surface area contributed by atoms with Gasteiger partial charge in [-0.15, -0.1) is 0 Å². The van der Waals surface area contributed by atoms with Crippen LogP contribution in [0.15, 0.2) is 28.9 Å². The SMILES string of the molecule is Cc1oc2ncnc(NC3(C)CC3)c2c1C(=O)NCCc1nc2cc(F)ccc2n1C. The van der Waals surface area contributed by atoms with Crippen LogP contribution in [0.3, 0.4) is 0 Å². The molecule has 1 saturated carbocycles. The van der Waals surface area contributed by atoms with Gasteiger partial charge in [0.05, 0.1) is 22.0 Å². The maximum atomic E-state index is 13.5. The summed E-state index contributed by atoms with van der Waals surface area (Å²) >= 11 is 0. The van der Waals surface area contributed by atoms with Gasteiger partial charge >= 0.3 is 0 Å². The van der Waals surface area contributed by atoms with Crippen molar-refractivity contribution in [3.05, 3.63) is 47.5 Å². The molecular weight excluding hydrogens is 399 g/mol. The van der Waals surface area contributed by atoms with Gasteiger partial charge in [-0.1, -0.05) is 0 Å². The summed E-state index contributed by atoms with van der Waals surface area (Å²) in [7, 11) is 1.88. The molecule has 0 atom stereocenters. The van der Waals surface area contributed by atoms with Crippen LogP contribution in [0.25, 0.3) is 22.1 Å². The summed E-state index contributed by atoms with van der Waals surface area (Å²) in [6, 6.07) is 4.53. The first-order chi connectivity index (χ1) is 14.8. The molecule has 1 amide bonds. The monoisotopic (exact) mass is 422 g/mol. The Morgan fingerprint density at radius 3 is 2.90 bits per heavy atom. The predicted molar refractivity (Wildman–Crippen MR) is 115 cm³/mol. The highest BCUT2D eigenvalue weighted by Gasteiger charge is 2.38. The molecule has 0 bridgehead atoms. The number of halogens is 1. The minimum Gasteiger partial charge on any atom is -0.442 e. The van der Waals surface area contributed by atoms with Crippen molar-refractivity contribution >= 4 is 33.9 Å². The molecule has 8 nitrogen and oxygen atoms in total. The molecule has 5 rings (SSSR count). The molecule has 9 heteroatoms. The van der Waals surface area contributed by atoms with Crippen molar-refractivity contribution in [1.82, 2.24) is 24.8 Å². The van der Waals surface area contributed by atoms with Crippen molar-refractivity contribution in [2.75, 3.05) is 11.9 Å². The Labute approximate surface area is 177 Å². The smallest absolute Gasteiger partial charge is 0.255 e. The Bertz CT molecular complexity index is 1320. The third-order valence-corrected chi connectivity index (χ3v) is 5.88. The van der Waals surface area contributed by atoms with Crippen LogP contribution in [-0.2, 0) is 13.5 Å². The number of rotatable bonds is 6. The molecule has 3 heterocycles. The Balaban J connectivity index is 1.36. The molecule has 2 N–H and O–H groups in total. The molecular formula is C22H23FN6O2. The van der Waals surface area contributed by atoms with E-state index in [0.29, 0.717) is 46.7 Å². The fraction of sp³-hybridized carbons (Fsp3) is 0.364. The molecule has 3 aromatic heterocycles. The van der Waals surface area contributed by atoms with E-state index in [1.165, 1.54) is 18.5 Å². The zero-order chi connectivity index (χ0) is 21.8. The Hall–Kier alpha value is -3.49. The molecule has 0 radical (unpaired) electrons. The number of amides is 1. The van der Waals surface area contributed by atoms with Gasteiger partial charge in [0.1, 0.15) is 29.5 Å². The molecule has 4 aromatic rings. The maximum absolute atomic E-state index is 13.5. The van der Waals surface area contributed by atoms with Crippen LogP contribution < -0.4 is 10.6 Å². The Morgan fingerprint density at radius 1 is 1.32 bits per heavy atom. The summed E-state index contributed by atoms with van der Waals surface area (Å²) in [6.07, 6.45) is 4.06. The number of aryl methyl sites for hydroxylation is 2. The molecule has 0 aliphatic heterocycles. The van der Waals surface area contributed by atoms with Crippen LogP contribution in [0, 0.1) is 12.7 Å². The number of benzene rings is 1. The standard InChI is InChI=1S/C22H23FN6O2/c1-12-17(18-19(28-22(2)7-8-22)25-11-26-21(18)31-12)20(30)24-9-6-16-27-14-10-13(23)4-5-15(14)29(16)3/h4-5,10-11H,6-9H2,1-3H3,(H,24,30)(H,25,26,28). The summed E-state index contributed by atoms with van der Waals surface area (Å²) < 4.78 is 21.1. The second-order valence-electron chi connectivity index (χ2n) is 8.35. The number of carbonyl (C=O) groups is 1. The molecule has 160 valence electrons. The van der Waals surface area contributed by atoms with E-state index in [1.807, 2.05) is 11.6 Å². The highest BCUT2D eigenvalue weighted by molar-refractivity contribution is 6.10. The summed E-state index contributed by atoms with van der Waals surface area (Å²) in [5.74, 6) is 1.31. The van der Waals surface area contributed by atoms with Gasteiger partial charge < -0.3 is 19.6 Å². The zero-order valence-electron chi connectivity index (χ0n) is 17.6. The van der Waals surface area contributed by atoms with Gasteiger partial charge in [-0.25, -0.2) is 19.3 Å². The third kappa shape index (κ3) is 3.49. The summed E-state index contributed by atoms with van der Waals surface area (Å²) in [5, 5.41) is 6.96. The van der Waals surface area contributed by atoms with Crippen molar-refractivity contribution in [2.24, 2.45) is 7.05 Å². The number of imidazole rings is 1. The van der Waals surface area contributed by atoms with Gasteiger partial charge in [0.15, 0.2) is 0 Å². The number of anilines is 1. The number of nitrogens with one attached hydrogen (secondary N) is 2. The molecule has 1 aliphatic rings. The average Bonchev–Trinajstić information content (AvgIpc) is 3.22. The minimum atomic E-state index is -0.320. The van der Waals surface area contributed by atoms with E-state index in [0.717, 1.165) is 24.2 Å². The molecule has 1 aromatic carbocycles. The van der Waals surface area contributed by atoms with Gasteiger partial charge in [0.2, 0.25) is 5.71 Å². The summed E-state index contributed by atoms with van der Waals surface area (Å²) in [6.45, 7) is 4.24. The first-order valence-electron chi connectivity index (χ1n) is 10.3. The second kappa shape index (κ2) is 7.04. The minimum absolute atomic E-state index is 0.000113. The fourth-order valence-corrected chi connectivity index (χ4v) is 3.83. The number of nitrogens with zero attached hydrogens (tertiary/aromatic N) is 4. The average molecular weight is 422 g/mol. The first-order valence-corrected chi connectivity index (χ1v) is 10.3. The van der Waals surface area contributed by atoms with Crippen LogP contribution in [0.2, 0.25) is 0 Å². The van der Waals surface area contributed by atoms with Crippen molar-refractivity contribution < 1.29 is 13.6 Å². The third-order valence-electron chi connectivity index (χ3n) is 5.88. The lowest BCUT2D eigenvalue weighted by molar-refractivity contribution is 0.0954. The first kappa shape index (κ1) is 19.5. The largest absolute Gasteiger partial charge is 0.442 e. The lowest BCUT2D eigenvalue weighted by Gasteiger charge is -2.13. The van der Waals surface area contributed by atoms with Crippen molar-refractivity contribution in [1.29, 1.82) is 0 Å². The lowest BCUT2D eigenvalue weighted by atomic mass is 10.1. The van der Waals surface area contributed by atoms with Crippen LogP contribution in [0.5, 0.6) is 0 Å². The number of aromatic nitrogens is 4. The van der Waals surface area contributed by atoms with Gasteiger partial charge in [-0.05, 0) is 38.8 Å². The molecule has 0 spiro atoms. The van der Waals surface area contributed by atoms with Crippen LogP contribution in [0.4, 0.5) is 10.2 Å². The normalized spacial score (nSPS) is 14.8. The topological polar surface area (TPSA) is 97.9 Å². The number of furan rings is 1. The number of fused-ring (bicyclic) bond motifs is 2. The lowest BCUT2D eigenvalue weighted by Crippen LogP contribution is -2.27. The Kier molecular flexibility index (Phi) is 4.42. The zero-order valence-corrected chi connectivity index (χ0v) is 17.6. The van der Waals surface area contributed by atoms with Gasteiger partial charge in [0.25, 0.3) is 5.91 Å². The van der Waals surface area contributed by atoms with E-state index >= 15 is 0 Å². The van der Waals surface area contributed by atoms with E-state index in [-0.39, 0.29) is 17.3 Å². The Morgan fingerprint density at radius 2 is 2.13 bits per heavy atom. The van der Waals surface area contributed by atoms with Gasteiger partial charge in [-0.3, -0.25) is 4.79 Å². The van der Waals surface area contributed by atoms with Gasteiger partial charge in [0, 0.05) is 31.6 Å². The van der Waals surface area contributed by atoms with Crippen LogP contribution in [-0.4, -0.2) is 37.5 Å². The predicted octanol–water partition coefficient (Wildman–Crippen LogP) is 3.49. The number of carbonyl (C=O) groups excluding carboxylic acids is 1. The highest BCUT2D eigenvalue weighted by atomic mass is 19.1. The molecule has 1 aliphatic carbocycles. The van der Waals surface area contributed by atoms with E-state index in [9.17, 15) is 9.18 Å². The van der Waals surface area contributed by atoms with Gasteiger partial charge in [-0.2, -0.15) is 0 Å². The van der Waals surface area contributed by atoms with Crippen LogP contribution in [0.1, 0.15) is 41.7 Å². The van der Waals surface area contributed by atoms with Crippen LogP contribution >= 0.6 is 0 Å².